The van der Waals surface area contributed by atoms with Gasteiger partial charge in [-0.3, -0.25) is 4.98 Å². The molecule has 0 unspecified atom stereocenters. The lowest BCUT2D eigenvalue weighted by atomic mass is 9.95. The zero-order chi connectivity index (χ0) is 11.2. The molecule has 2 aromatic heterocycles. The predicted octanol–water partition coefficient (Wildman–Crippen LogP) is 3.59. The highest BCUT2D eigenvalue weighted by Gasteiger charge is 2.16. The van der Waals surface area contributed by atoms with Crippen molar-refractivity contribution in [2.24, 2.45) is 0 Å². The summed E-state index contributed by atoms with van der Waals surface area (Å²) < 4.78 is 0. The van der Waals surface area contributed by atoms with Gasteiger partial charge in [-0.2, -0.15) is 0 Å². The van der Waals surface area contributed by atoms with Gasteiger partial charge in [-0.25, -0.2) is 0 Å². The smallest absolute Gasteiger partial charge is 0.0539 e. The predicted molar refractivity (Wildman–Crippen MR) is 70.2 cm³/mol. The van der Waals surface area contributed by atoms with Crippen LogP contribution in [0, 0.1) is 0 Å². The quantitative estimate of drug-likeness (QED) is 0.618. The monoisotopic (exact) mass is 222 g/mol. The zero-order valence-corrected chi connectivity index (χ0v) is 9.66. The van der Waals surface area contributed by atoms with Crippen molar-refractivity contribution in [2.75, 3.05) is 0 Å². The number of hydrogen-bond acceptors (Lipinski definition) is 1. The third-order valence-corrected chi connectivity index (χ3v) is 3.89. The minimum absolute atomic E-state index is 1.20. The molecule has 4 rings (SSSR count). The molecule has 3 aromatic rings. The number of nitrogens with zero attached hydrogens (tertiary/aromatic N) is 1. The molecule has 0 amide bonds. The Morgan fingerprint density at radius 1 is 1.00 bits per heavy atom. The molecule has 0 radical (unpaired) electrons. The Morgan fingerprint density at radius 3 is 2.94 bits per heavy atom. The summed E-state index contributed by atoms with van der Waals surface area (Å²) in [6.07, 6.45) is 8.90. The zero-order valence-electron chi connectivity index (χ0n) is 9.66. The van der Waals surface area contributed by atoms with E-state index in [1.807, 2.05) is 12.4 Å². The maximum Gasteiger partial charge on any atom is 0.0539 e. The molecule has 1 aliphatic rings. The molecule has 0 bridgehead atoms. The summed E-state index contributed by atoms with van der Waals surface area (Å²) in [5.74, 6) is 0. The van der Waals surface area contributed by atoms with Crippen LogP contribution in [-0.4, -0.2) is 9.97 Å². The number of aryl methyl sites for hydroxylation is 2. The van der Waals surface area contributed by atoms with E-state index in [4.69, 9.17) is 0 Å². The van der Waals surface area contributed by atoms with E-state index in [1.54, 1.807) is 5.56 Å². The molecule has 1 aromatic carbocycles. The van der Waals surface area contributed by atoms with Crippen LogP contribution in [0.2, 0.25) is 0 Å². The highest BCUT2D eigenvalue weighted by Crippen LogP contribution is 2.32. The Labute approximate surface area is 99.7 Å². The highest BCUT2D eigenvalue weighted by atomic mass is 14.7. The van der Waals surface area contributed by atoms with Gasteiger partial charge in [-0.05, 0) is 37.3 Å². The van der Waals surface area contributed by atoms with Crippen LogP contribution in [0.4, 0.5) is 0 Å². The number of fused-ring (bicyclic) bond motifs is 5. The molecule has 2 nitrogen and oxygen atoms in total. The van der Waals surface area contributed by atoms with Crippen LogP contribution in [0.5, 0.6) is 0 Å². The number of nitrogens with one attached hydrogen (secondary N) is 1. The van der Waals surface area contributed by atoms with E-state index in [2.05, 4.69) is 28.2 Å². The molecular formula is C15H14N2. The Morgan fingerprint density at radius 2 is 1.94 bits per heavy atom. The van der Waals surface area contributed by atoms with Gasteiger partial charge in [0.15, 0.2) is 0 Å². The minimum atomic E-state index is 1.20. The van der Waals surface area contributed by atoms with Crippen molar-refractivity contribution in [3.05, 3.63) is 41.9 Å². The summed E-state index contributed by atoms with van der Waals surface area (Å²) in [6.45, 7) is 0. The van der Waals surface area contributed by atoms with Gasteiger partial charge in [-0.1, -0.05) is 12.1 Å². The van der Waals surface area contributed by atoms with Crippen molar-refractivity contribution < 1.29 is 0 Å². The fourth-order valence-electron chi connectivity index (χ4n) is 3.05. The Hall–Kier alpha value is -1.83. The Balaban J connectivity index is 2.16. The molecule has 0 fully saturated rings. The van der Waals surface area contributed by atoms with Crippen LogP contribution in [0.25, 0.3) is 21.7 Å². The third kappa shape index (κ3) is 1.24. The van der Waals surface area contributed by atoms with E-state index in [-0.39, 0.29) is 0 Å². The molecule has 0 saturated carbocycles. The maximum absolute atomic E-state index is 4.19. The van der Waals surface area contributed by atoms with Crippen molar-refractivity contribution >= 4 is 21.7 Å². The van der Waals surface area contributed by atoms with E-state index in [0.717, 1.165) is 0 Å². The van der Waals surface area contributed by atoms with E-state index in [9.17, 15) is 0 Å². The summed E-state index contributed by atoms with van der Waals surface area (Å²) in [5.41, 5.74) is 4.30. The molecule has 84 valence electrons. The Kier molecular flexibility index (Phi) is 1.81. The lowest BCUT2D eigenvalue weighted by molar-refractivity contribution is 0.680. The number of aromatic nitrogens is 2. The molecule has 0 atom stereocenters. The first kappa shape index (κ1) is 9.23. The summed E-state index contributed by atoms with van der Waals surface area (Å²) in [5, 5.41) is 3.93. The molecule has 0 saturated heterocycles. The number of pyridine rings is 1. The van der Waals surface area contributed by atoms with Crippen molar-refractivity contribution in [3.8, 4) is 0 Å². The highest BCUT2D eigenvalue weighted by molar-refractivity contribution is 6.06. The average molecular weight is 222 g/mol. The molecule has 2 heterocycles. The second-order valence-electron chi connectivity index (χ2n) is 4.87. The van der Waals surface area contributed by atoms with Gasteiger partial charge in [0.25, 0.3) is 0 Å². The van der Waals surface area contributed by atoms with Crippen molar-refractivity contribution in [3.63, 3.8) is 0 Å². The molecular weight excluding hydrogens is 208 g/mol. The summed E-state index contributed by atoms with van der Waals surface area (Å²) in [6, 6.07) is 6.55. The largest absolute Gasteiger partial charge is 0.358 e. The van der Waals surface area contributed by atoms with Gasteiger partial charge in [0.2, 0.25) is 0 Å². The molecule has 2 heteroatoms. The Bertz CT molecular complexity index is 709. The van der Waals surface area contributed by atoms with Gasteiger partial charge in [0, 0.05) is 34.2 Å². The fourth-order valence-corrected chi connectivity index (χ4v) is 3.05. The lowest BCUT2D eigenvalue weighted by Crippen LogP contribution is -1.99. The van der Waals surface area contributed by atoms with E-state index < -0.39 is 0 Å². The standard InChI is InChI=1S/C15H14N2/c1-2-4-14-12(3-1)13-6-5-10-9-16-8-7-11(10)15(13)17-14/h5-9,17H,1-4H2. The molecule has 1 aliphatic carbocycles. The summed E-state index contributed by atoms with van der Waals surface area (Å²) in [7, 11) is 0. The van der Waals surface area contributed by atoms with Crippen molar-refractivity contribution in [1.82, 2.24) is 9.97 Å². The maximum atomic E-state index is 4.19. The lowest BCUT2D eigenvalue weighted by Gasteiger charge is -2.10. The van der Waals surface area contributed by atoms with Gasteiger partial charge >= 0.3 is 0 Å². The summed E-state index contributed by atoms with van der Waals surface area (Å²) in [4.78, 5) is 7.82. The van der Waals surface area contributed by atoms with Gasteiger partial charge in [0.05, 0.1) is 5.52 Å². The summed E-state index contributed by atoms with van der Waals surface area (Å²) >= 11 is 0. The van der Waals surface area contributed by atoms with Gasteiger partial charge in [-0.15, -0.1) is 0 Å². The fraction of sp³-hybridized carbons (Fsp3) is 0.267. The molecule has 0 aliphatic heterocycles. The SMILES string of the molecule is c1cc2c(ccc3c4c([nH]c32)CCCC4)cn1. The topological polar surface area (TPSA) is 28.7 Å². The molecule has 1 N–H and O–H groups in total. The molecule has 0 spiro atoms. The van der Waals surface area contributed by atoms with Crippen LogP contribution in [0.3, 0.4) is 0 Å². The van der Waals surface area contributed by atoms with Crippen LogP contribution < -0.4 is 0 Å². The van der Waals surface area contributed by atoms with E-state index in [0.29, 0.717) is 0 Å². The van der Waals surface area contributed by atoms with E-state index in [1.165, 1.54) is 53.1 Å². The first-order chi connectivity index (χ1) is 8.43. The second-order valence-corrected chi connectivity index (χ2v) is 4.87. The van der Waals surface area contributed by atoms with Crippen LogP contribution in [0.15, 0.2) is 30.6 Å². The second kappa shape index (κ2) is 3.33. The van der Waals surface area contributed by atoms with Gasteiger partial charge < -0.3 is 4.98 Å². The van der Waals surface area contributed by atoms with Crippen LogP contribution in [0.1, 0.15) is 24.1 Å². The number of rotatable bonds is 0. The van der Waals surface area contributed by atoms with Crippen molar-refractivity contribution in [1.29, 1.82) is 0 Å². The van der Waals surface area contributed by atoms with Crippen LogP contribution >= 0.6 is 0 Å². The number of aromatic amines is 1. The van der Waals surface area contributed by atoms with Crippen molar-refractivity contribution in [2.45, 2.75) is 25.7 Å². The normalized spacial score (nSPS) is 15.3. The number of benzene rings is 1. The first-order valence-corrected chi connectivity index (χ1v) is 6.29. The van der Waals surface area contributed by atoms with Crippen LogP contribution in [-0.2, 0) is 12.8 Å². The first-order valence-electron chi connectivity index (χ1n) is 6.29. The average Bonchev–Trinajstić information content (AvgIpc) is 2.78. The van der Waals surface area contributed by atoms with Gasteiger partial charge in [0.1, 0.15) is 0 Å². The minimum Gasteiger partial charge on any atom is -0.358 e. The third-order valence-electron chi connectivity index (χ3n) is 3.89. The molecule has 17 heavy (non-hydrogen) atoms. The van der Waals surface area contributed by atoms with E-state index >= 15 is 0 Å². The number of H-pyrrole nitrogens is 1. The number of hydrogen-bond donors (Lipinski definition) is 1.